The van der Waals surface area contributed by atoms with Gasteiger partial charge >= 0.3 is 0 Å². The van der Waals surface area contributed by atoms with E-state index in [0.29, 0.717) is 34.8 Å². The molecule has 0 fully saturated rings. The normalized spacial score (nSPS) is 11.3. The molecule has 1 heterocycles. The van der Waals surface area contributed by atoms with E-state index in [1.54, 1.807) is 20.3 Å². The molecule has 27 heavy (non-hydrogen) atoms. The number of pyridine rings is 1. The number of nitrogens with one attached hydrogen (secondary N) is 1. The molecule has 0 bridgehead atoms. The fourth-order valence-corrected chi connectivity index (χ4v) is 2.90. The molecule has 0 saturated heterocycles. The van der Waals surface area contributed by atoms with Crippen molar-refractivity contribution >= 4 is 29.0 Å². The second kappa shape index (κ2) is 7.74. The lowest BCUT2D eigenvalue weighted by Gasteiger charge is -2.14. The van der Waals surface area contributed by atoms with Crippen LogP contribution in [0.25, 0.3) is 22.2 Å². The van der Waals surface area contributed by atoms with Crippen LogP contribution < -0.4 is 20.5 Å². The summed E-state index contributed by atoms with van der Waals surface area (Å²) < 4.78 is 10.9. The van der Waals surface area contributed by atoms with E-state index in [9.17, 15) is 4.79 Å². The molecule has 1 amide bonds. The molecule has 138 valence electrons. The van der Waals surface area contributed by atoms with Gasteiger partial charge in [0.2, 0.25) is 6.41 Å². The molecule has 0 saturated carbocycles. The maximum absolute atomic E-state index is 10.7. The molecular formula is C20H20N4O3. The maximum Gasteiger partial charge on any atom is 0.213 e. The summed E-state index contributed by atoms with van der Waals surface area (Å²) in [6.45, 7) is 2.01. The predicted molar refractivity (Wildman–Crippen MR) is 106 cm³/mol. The largest absolute Gasteiger partial charge is 0.493 e. The Kier molecular flexibility index (Phi) is 5.21. The Labute approximate surface area is 156 Å². The monoisotopic (exact) mass is 364 g/mol. The third kappa shape index (κ3) is 3.52. The lowest BCUT2D eigenvalue weighted by molar-refractivity contribution is -0.108. The van der Waals surface area contributed by atoms with Gasteiger partial charge in [-0.05, 0) is 30.7 Å². The molecule has 2 aromatic carbocycles. The standard InChI is InChI=1S/C20H20N4O3/c1-12-6-4-5-7-13(12)15-10-16(24-20(21)22-11-25)14-8-9-17(26-2)19(27-3)18(14)23-15/h4-11H,1-3H3,(H3,21,22,23,24,25). The third-order valence-electron chi connectivity index (χ3n) is 4.17. The first-order valence-electron chi connectivity index (χ1n) is 8.25. The summed E-state index contributed by atoms with van der Waals surface area (Å²) in [5.41, 5.74) is 9.68. The maximum atomic E-state index is 10.7. The van der Waals surface area contributed by atoms with Crippen LogP contribution in [0.15, 0.2) is 47.5 Å². The lowest BCUT2D eigenvalue weighted by Crippen LogP contribution is -2.29. The third-order valence-corrected chi connectivity index (χ3v) is 4.17. The van der Waals surface area contributed by atoms with Gasteiger partial charge in [0.1, 0.15) is 5.52 Å². The van der Waals surface area contributed by atoms with Gasteiger partial charge in [-0.1, -0.05) is 24.3 Å². The zero-order chi connectivity index (χ0) is 19.4. The molecule has 0 spiro atoms. The Morgan fingerprint density at radius 2 is 1.96 bits per heavy atom. The molecule has 7 nitrogen and oxygen atoms in total. The number of hydrogen-bond donors (Lipinski definition) is 2. The zero-order valence-corrected chi connectivity index (χ0v) is 15.3. The summed E-state index contributed by atoms with van der Waals surface area (Å²) in [4.78, 5) is 19.8. The van der Waals surface area contributed by atoms with Crippen molar-refractivity contribution in [2.75, 3.05) is 14.2 Å². The average molecular weight is 364 g/mol. The second-order valence-corrected chi connectivity index (χ2v) is 5.80. The van der Waals surface area contributed by atoms with E-state index in [2.05, 4.69) is 10.3 Å². The Morgan fingerprint density at radius 3 is 2.63 bits per heavy atom. The smallest absolute Gasteiger partial charge is 0.213 e. The van der Waals surface area contributed by atoms with Crippen LogP contribution in [-0.2, 0) is 4.79 Å². The summed E-state index contributed by atoms with van der Waals surface area (Å²) >= 11 is 0. The van der Waals surface area contributed by atoms with Crippen LogP contribution in [0.5, 0.6) is 11.5 Å². The number of rotatable bonds is 5. The quantitative estimate of drug-likeness (QED) is 0.412. The van der Waals surface area contributed by atoms with Crippen molar-refractivity contribution in [3.63, 3.8) is 0 Å². The number of guanidine groups is 1. The zero-order valence-electron chi connectivity index (χ0n) is 15.3. The molecule has 0 aliphatic carbocycles. The molecule has 0 unspecified atom stereocenters. The minimum atomic E-state index is -0.0111. The number of carbonyl (C=O) groups is 1. The van der Waals surface area contributed by atoms with Crippen molar-refractivity contribution in [3.05, 3.63) is 48.0 Å². The highest BCUT2D eigenvalue weighted by molar-refractivity contribution is 6.00. The van der Waals surface area contributed by atoms with Gasteiger partial charge in [-0.25, -0.2) is 9.98 Å². The molecule has 7 heteroatoms. The number of aromatic nitrogens is 1. The number of carbonyl (C=O) groups excluding carboxylic acids is 1. The first kappa shape index (κ1) is 18.2. The summed E-state index contributed by atoms with van der Waals surface area (Å²) in [6, 6.07) is 13.3. The summed E-state index contributed by atoms with van der Waals surface area (Å²) in [5, 5.41) is 3.07. The van der Waals surface area contributed by atoms with Crippen LogP contribution in [0.3, 0.4) is 0 Å². The first-order valence-corrected chi connectivity index (χ1v) is 8.25. The van der Waals surface area contributed by atoms with Crippen molar-refractivity contribution in [1.29, 1.82) is 0 Å². The van der Waals surface area contributed by atoms with Gasteiger partial charge in [0.05, 0.1) is 25.6 Å². The average Bonchev–Trinajstić information content (AvgIpc) is 2.67. The fraction of sp³-hybridized carbons (Fsp3) is 0.150. The highest BCUT2D eigenvalue weighted by Crippen LogP contribution is 2.40. The SMILES string of the molecule is COc1ccc2c(N=C(N)NC=O)cc(-c3ccccc3C)nc2c1OC. The number of nitrogens with zero attached hydrogens (tertiary/aromatic N) is 2. The van der Waals surface area contributed by atoms with Crippen LogP contribution >= 0.6 is 0 Å². The predicted octanol–water partition coefficient (Wildman–Crippen LogP) is 2.92. The molecule has 1 aromatic heterocycles. The highest BCUT2D eigenvalue weighted by Gasteiger charge is 2.16. The molecular weight excluding hydrogens is 344 g/mol. The molecule has 0 atom stereocenters. The van der Waals surface area contributed by atoms with E-state index in [0.717, 1.165) is 16.5 Å². The number of amides is 1. The van der Waals surface area contributed by atoms with Crippen LogP contribution in [0.1, 0.15) is 5.56 Å². The second-order valence-electron chi connectivity index (χ2n) is 5.80. The number of methoxy groups -OCH3 is 2. The summed E-state index contributed by atoms with van der Waals surface area (Å²) in [7, 11) is 3.13. The first-order chi connectivity index (χ1) is 13.1. The van der Waals surface area contributed by atoms with Gasteiger partial charge in [-0.15, -0.1) is 0 Å². The molecule has 0 radical (unpaired) electrons. The van der Waals surface area contributed by atoms with Crippen molar-refractivity contribution < 1.29 is 14.3 Å². The number of aryl methyl sites for hydroxylation is 1. The Morgan fingerprint density at radius 1 is 1.19 bits per heavy atom. The highest BCUT2D eigenvalue weighted by atomic mass is 16.5. The minimum Gasteiger partial charge on any atom is -0.493 e. The van der Waals surface area contributed by atoms with Gasteiger partial charge in [0, 0.05) is 10.9 Å². The molecule has 3 N–H and O–H groups in total. The lowest BCUT2D eigenvalue weighted by atomic mass is 10.0. The van der Waals surface area contributed by atoms with Crippen LogP contribution in [0.2, 0.25) is 0 Å². The summed E-state index contributed by atoms with van der Waals surface area (Å²) in [6.07, 6.45) is 0.480. The van der Waals surface area contributed by atoms with Gasteiger partial charge < -0.3 is 15.2 Å². The number of aliphatic imine (C=N–C) groups is 1. The summed E-state index contributed by atoms with van der Waals surface area (Å²) in [5.74, 6) is 1.06. The Bertz CT molecular complexity index is 1030. The minimum absolute atomic E-state index is 0.0111. The van der Waals surface area contributed by atoms with E-state index in [-0.39, 0.29) is 5.96 Å². The van der Waals surface area contributed by atoms with E-state index < -0.39 is 0 Å². The number of fused-ring (bicyclic) bond motifs is 1. The molecule has 3 aromatic rings. The van der Waals surface area contributed by atoms with E-state index in [1.165, 1.54) is 0 Å². The van der Waals surface area contributed by atoms with E-state index in [4.69, 9.17) is 20.2 Å². The Hall–Kier alpha value is -3.61. The van der Waals surface area contributed by atoms with Crippen molar-refractivity contribution in [1.82, 2.24) is 10.3 Å². The molecule has 0 aliphatic heterocycles. The number of hydrogen-bond acceptors (Lipinski definition) is 5. The van der Waals surface area contributed by atoms with Crippen molar-refractivity contribution in [2.24, 2.45) is 10.7 Å². The van der Waals surface area contributed by atoms with Crippen LogP contribution in [0, 0.1) is 6.92 Å². The van der Waals surface area contributed by atoms with E-state index in [1.807, 2.05) is 43.3 Å². The van der Waals surface area contributed by atoms with Gasteiger partial charge in [0.25, 0.3) is 0 Å². The molecule has 0 aliphatic rings. The van der Waals surface area contributed by atoms with Crippen molar-refractivity contribution in [2.45, 2.75) is 6.92 Å². The Balaban J connectivity index is 2.36. The van der Waals surface area contributed by atoms with Crippen LogP contribution in [0.4, 0.5) is 5.69 Å². The van der Waals surface area contributed by atoms with Crippen molar-refractivity contribution in [3.8, 4) is 22.8 Å². The topological polar surface area (TPSA) is 98.8 Å². The number of nitrogens with two attached hydrogens (primary N) is 1. The van der Waals surface area contributed by atoms with E-state index >= 15 is 0 Å². The van der Waals surface area contributed by atoms with Crippen LogP contribution in [-0.4, -0.2) is 31.6 Å². The van der Waals surface area contributed by atoms with Gasteiger partial charge in [-0.2, -0.15) is 0 Å². The molecule has 3 rings (SSSR count). The number of benzene rings is 2. The number of ether oxygens (including phenoxy) is 2. The van der Waals surface area contributed by atoms with Gasteiger partial charge in [-0.3, -0.25) is 10.1 Å². The van der Waals surface area contributed by atoms with Gasteiger partial charge in [0.15, 0.2) is 17.5 Å². The fourth-order valence-electron chi connectivity index (χ4n) is 2.90.